The van der Waals surface area contributed by atoms with Crippen molar-refractivity contribution in [1.82, 2.24) is 14.7 Å². The SMILES string of the molecule is O=S(=O)(NCc1nc(N2CCCC2)c2ccccc2n1)c1ccccc1. The van der Waals surface area contributed by atoms with Gasteiger partial charge in [0.1, 0.15) is 11.6 Å². The van der Waals surface area contributed by atoms with Crippen molar-refractivity contribution >= 4 is 26.7 Å². The fourth-order valence-electron chi connectivity index (χ4n) is 3.20. The van der Waals surface area contributed by atoms with Crippen LogP contribution in [0.25, 0.3) is 10.9 Å². The summed E-state index contributed by atoms with van der Waals surface area (Å²) in [6.07, 6.45) is 2.29. The van der Waals surface area contributed by atoms with Gasteiger partial charge < -0.3 is 4.90 Å². The van der Waals surface area contributed by atoms with E-state index in [1.54, 1.807) is 30.3 Å². The highest BCUT2D eigenvalue weighted by Crippen LogP contribution is 2.26. The van der Waals surface area contributed by atoms with Crippen LogP contribution in [-0.2, 0) is 16.6 Å². The molecule has 0 unspecified atom stereocenters. The van der Waals surface area contributed by atoms with Crippen molar-refractivity contribution in [3.05, 3.63) is 60.4 Å². The highest BCUT2D eigenvalue weighted by molar-refractivity contribution is 7.89. The molecule has 1 saturated heterocycles. The molecule has 134 valence electrons. The van der Waals surface area contributed by atoms with E-state index in [9.17, 15) is 8.42 Å². The summed E-state index contributed by atoms with van der Waals surface area (Å²) in [6, 6.07) is 16.2. The number of nitrogens with one attached hydrogen (secondary N) is 1. The molecule has 1 aliphatic heterocycles. The van der Waals surface area contributed by atoms with Gasteiger partial charge in [-0.05, 0) is 37.1 Å². The Kier molecular flexibility index (Phi) is 4.57. The largest absolute Gasteiger partial charge is 0.356 e. The maximum atomic E-state index is 12.4. The Balaban J connectivity index is 1.64. The lowest BCUT2D eigenvalue weighted by Crippen LogP contribution is -2.25. The highest BCUT2D eigenvalue weighted by atomic mass is 32.2. The number of para-hydroxylation sites is 1. The topological polar surface area (TPSA) is 75.2 Å². The third-order valence-corrected chi connectivity index (χ3v) is 5.93. The minimum atomic E-state index is -3.59. The van der Waals surface area contributed by atoms with Crippen LogP contribution in [0.3, 0.4) is 0 Å². The number of hydrogen-bond acceptors (Lipinski definition) is 5. The Hall–Kier alpha value is -2.51. The molecule has 0 aliphatic carbocycles. The molecule has 0 amide bonds. The van der Waals surface area contributed by atoms with Crippen LogP contribution in [0.15, 0.2) is 59.5 Å². The average Bonchev–Trinajstić information content (AvgIpc) is 3.21. The summed E-state index contributed by atoms with van der Waals surface area (Å²) < 4.78 is 27.5. The monoisotopic (exact) mass is 368 g/mol. The van der Waals surface area contributed by atoms with Crippen LogP contribution in [0.4, 0.5) is 5.82 Å². The molecule has 3 aromatic rings. The summed E-state index contributed by atoms with van der Waals surface area (Å²) >= 11 is 0. The first-order chi connectivity index (χ1) is 12.6. The van der Waals surface area contributed by atoms with Crippen LogP contribution in [0.2, 0.25) is 0 Å². The van der Waals surface area contributed by atoms with E-state index in [1.807, 2.05) is 24.3 Å². The van der Waals surface area contributed by atoms with Gasteiger partial charge in [-0.2, -0.15) is 0 Å². The number of sulfonamides is 1. The Labute approximate surface area is 152 Å². The quantitative estimate of drug-likeness (QED) is 0.749. The third kappa shape index (κ3) is 3.40. The van der Waals surface area contributed by atoms with Gasteiger partial charge in [0, 0.05) is 18.5 Å². The van der Waals surface area contributed by atoms with Crippen molar-refractivity contribution in [3.63, 3.8) is 0 Å². The molecule has 4 rings (SSSR count). The van der Waals surface area contributed by atoms with E-state index in [-0.39, 0.29) is 11.4 Å². The smallest absolute Gasteiger partial charge is 0.240 e. The van der Waals surface area contributed by atoms with E-state index in [1.165, 1.54) is 0 Å². The van der Waals surface area contributed by atoms with Crippen molar-refractivity contribution in [3.8, 4) is 0 Å². The van der Waals surface area contributed by atoms with Crippen molar-refractivity contribution in [2.75, 3.05) is 18.0 Å². The van der Waals surface area contributed by atoms with E-state index < -0.39 is 10.0 Å². The minimum Gasteiger partial charge on any atom is -0.356 e. The van der Waals surface area contributed by atoms with Gasteiger partial charge in [-0.3, -0.25) is 0 Å². The van der Waals surface area contributed by atoms with Gasteiger partial charge in [-0.15, -0.1) is 0 Å². The molecule has 1 aliphatic rings. The Morgan fingerprint density at radius 3 is 2.38 bits per heavy atom. The van der Waals surface area contributed by atoms with Gasteiger partial charge in [0.15, 0.2) is 0 Å². The van der Waals surface area contributed by atoms with E-state index in [0.717, 1.165) is 42.7 Å². The lowest BCUT2D eigenvalue weighted by Gasteiger charge is -2.19. The number of anilines is 1. The predicted molar refractivity (Wildman–Crippen MR) is 101 cm³/mol. The normalized spacial score (nSPS) is 14.8. The van der Waals surface area contributed by atoms with Crippen molar-refractivity contribution in [2.24, 2.45) is 0 Å². The Morgan fingerprint density at radius 1 is 0.923 bits per heavy atom. The molecule has 7 heteroatoms. The van der Waals surface area contributed by atoms with Crippen LogP contribution in [-0.4, -0.2) is 31.5 Å². The van der Waals surface area contributed by atoms with Crippen molar-refractivity contribution < 1.29 is 8.42 Å². The highest BCUT2D eigenvalue weighted by Gasteiger charge is 2.19. The lowest BCUT2D eigenvalue weighted by atomic mass is 10.2. The van der Waals surface area contributed by atoms with Gasteiger partial charge >= 0.3 is 0 Å². The van der Waals surface area contributed by atoms with Crippen LogP contribution < -0.4 is 9.62 Å². The molecule has 0 radical (unpaired) electrons. The number of hydrogen-bond donors (Lipinski definition) is 1. The number of fused-ring (bicyclic) bond motifs is 1. The second-order valence-corrected chi connectivity index (χ2v) is 8.08. The van der Waals surface area contributed by atoms with E-state index in [0.29, 0.717) is 5.82 Å². The molecule has 0 bridgehead atoms. The molecule has 1 aromatic heterocycles. The maximum absolute atomic E-state index is 12.4. The number of rotatable bonds is 5. The van der Waals surface area contributed by atoms with Crippen LogP contribution in [0.1, 0.15) is 18.7 Å². The molecule has 2 aromatic carbocycles. The summed E-state index contributed by atoms with van der Waals surface area (Å²) in [7, 11) is -3.59. The Morgan fingerprint density at radius 2 is 1.62 bits per heavy atom. The first kappa shape index (κ1) is 16.9. The number of benzene rings is 2. The number of aromatic nitrogens is 2. The minimum absolute atomic E-state index is 0.0584. The first-order valence-electron chi connectivity index (χ1n) is 8.69. The van der Waals surface area contributed by atoms with Crippen molar-refractivity contribution in [2.45, 2.75) is 24.3 Å². The molecule has 6 nitrogen and oxygen atoms in total. The molecular formula is C19H20N4O2S. The van der Waals surface area contributed by atoms with Gasteiger partial charge in [-0.25, -0.2) is 23.1 Å². The zero-order chi connectivity index (χ0) is 18.0. The predicted octanol–water partition coefficient (Wildman–Crippen LogP) is 2.71. The van der Waals surface area contributed by atoms with Gasteiger partial charge in [0.2, 0.25) is 10.0 Å². The maximum Gasteiger partial charge on any atom is 0.240 e. The molecule has 1 fully saturated rings. The summed E-state index contributed by atoms with van der Waals surface area (Å²) in [4.78, 5) is 11.7. The molecule has 0 saturated carbocycles. The summed E-state index contributed by atoms with van der Waals surface area (Å²) in [5.41, 5.74) is 0.832. The molecule has 0 spiro atoms. The molecule has 2 heterocycles. The van der Waals surface area contributed by atoms with Crippen LogP contribution in [0, 0.1) is 0 Å². The van der Waals surface area contributed by atoms with E-state index in [4.69, 9.17) is 0 Å². The van der Waals surface area contributed by atoms with E-state index >= 15 is 0 Å². The summed E-state index contributed by atoms with van der Waals surface area (Å²) in [5.74, 6) is 1.37. The Bertz CT molecular complexity index is 1020. The van der Waals surface area contributed by atoms with Gasteiger partial charge in [0.05, 0.1) is 17.0 Å². The second-order valence-electron chi connectivity index (χ2n) is 6.31. The molecule has 1 N–H and O–H groups in total. The second kappa shape index (κ2) is 7.01. The average molecular weight is 368 g/mol. The summed E-state index contributed by atoms with van der Waals surface area (Å²) in [5, 5.41) is 1.00. The lowest BCUT2D eigenvalue weighted by molar-refractivity contribution is 0.579. The zero-order valence-corrected chi connectivity index (χ0v) is 15.1. The fourth-order valence-corrected chi connectivity index (χ4v) is 4.20. The van der Waals surface area contributed by atoms with Crippen molar-refractivity contribution in [1.29, 1.82) is 0 Å². The molecular weight excluding hydrogens is 348 g/mol. The first-order valence-corrected chi connectivity index (χ1v) is 10.2. The van der Waals surface area contributed by atoms with Crippen LogP contribution >= 0.6 is 0 Å². The summed E-state index contributed by atoms with van der Waals surface area (Å²) in [6.45, 7) is 2.00. The van der Waals surface area contributed by atoms with Gasteiger partial charge in [-0.1, -0.05) is 30.3 Å². The van der Waals surface area contributed by atoms with Crippen LogP contribution in [0.5, 0.6) is 0 Å². The fraction of sp³-hybridized carbons (Fsp3) is 0.263. The molecule has 0 atom stereocenters. The zero-order valence-electron chi connectivity index (χ0n) is 14.3. The van der Waals surface area contributed by atoms with Gasteiger partial charge in [0.25, 0.3) is 0 Å². The standard InChI is InChI=1S/C19H20N4O2S/c24-26(25,15-8-2-1-3-9-15)20-14-18-21-17-11-5-4-10-16(17)19(22-18)23-12-6-7-13-23/h1-5,8-11,20H,6-7,12-14H2. The number of nitrogens with zero attached hydrogens (tertiary/aromatic N) is 3. The third-order valence-electron chi connectivity index (χ3n) is 4.51. The molecule has 26 heavy (non-hydrogen) atoms. The van der Waals surface area contributed by atoms with E-state index in [2.05, 4.69) is 19.6 Å².